The van der Waals surface area contributed by atoms with Gasteiger partial charge in [-0.1, -0.05) is 90.4 Å². The molecule has 0 aliphatic heterocycles. The lowest BCUT2D eigenvalue weighted by Crippen LogP contribution is -2.41. The quantitative estimate of drug-likeness (QED) is 0.121. The number of unbranched alkanes of at least 4 members (excludes halogenated alkanes) is 14. The summed E-state index contributed by atoms with van der Waals surface area (Å²) >= 11 is 0. The first-order valence-electron chi connectivity index (χ1n) is 13.9. The maximum absolute atomic E-state index is 12.1. The lowest BCUT2D eigenvalue weighted by molar-refractivity contribution is -0.142. The van der Waals surface area contributed by atoms with Crippen LogP contribution in [0.3, 0.4) is 0 Å². The van der Waals surface area contributed by atoms with Gasteiger partial charge in [0.25, 0.3) is 0 Å². The number of hydrogen-bond donors (Lipinski definition) is 4. The minimum absolute atomic E-state index is 0.0928. The zero-order valence-corrected chi connectivity index (χ0v) is 22.0. The first kappa shape index (κ1) is 32.9. The van der Waals surface area contributed by atoms with Gasteiger partial charge in [-0.05, 0) is 25.7 Å². The molecule has 35 heavy (non-hydrogen) atoms. The monoisotopic (exact) mass is 498 g/mol. The number of carbonyl (C=O) groups is 4. The third kappa shape index (κ3) is 23.4. The first-order valence-corrected chi connectivity index (χ1v) is 13.9. The van der Waals surface area contributed by atoms with Gasteiger partial charge in [0.15, 0.2) is 0 Å². The van der Waals surface area contributed by atoms with Crippen molar-refractivity contribution in [1.29, 1.82) is 0 Å². The number of carboxylic acid groups (broad SMARTS) is 2. The molecule has 0 aliphatic carbocycles. The Kier molecular flexibility index (Phi) is 22.2. The smallest absolute Gasteiger partial charge is 0.326 e. The van der Waals surface area contributed by atoms with Crippen LogP contribution in [-0.2, 0) is 19.2 Å². The molecule has 2 amide bonds. The summed E-state index contributed by atoms with van der Waals surface area (Å²) in [6.45, 7) is 2.63. The normalized spacial score (nSPS) is 11.7. The molecule has 0 saturated heterocycles. The van der Waals surface area contributed by atoms with E-state index < -0.39 is 18.0 Å². The van der Waals surface area contributed by atoms with Crippen molar-refractivity contribution in [3.63, 3.8) is 0 Å². The van der Waals surface area contributed by atoms with Crippen molar-refractivity contribution in [3.05, 3.63) is 0 Å². The van der Waals surface area contributed by atoms with Crippen molar-refractivity contribution in [3.8, 4) is 0 Å². The molecule has 0 aromatic heterocycles. The third-order valence-electron chi connectivity index (χ3n) is 6.19. The van der Waals surface area contributed by atoms with Crippen molar-refractivity contribution in [1.82, 2.24) is 10.6 Å². The van der Waals surface area contributed by atoms with Gasteiger partial charge in [-0.2, -0.15) is 0 Å². The molecule has 0 bridgehead atoms. The van der Waals surface area contributed by atoms with E-state index in [0.717, 1.165) is 57.8 Å². The largest absolute Gasteiger partial charge is 0.481 e. The molecule has 4 N–H and O–H groups in total. The summed E-state index contributed by atoms with van der Waals surface area (Å²) in [5.74, 6) is -2.23. The van der Waals surface area contributed by atoms with Crippen molar-refractivity contribution < 1.29 is 29.4 Å². The second kappa shape index (κ2) is 23.6. The fourth-order valence-corrected chi connectivity index (χ4v) is 3.98. The number of hydrogen-bond acceptors (Lipinski definition) is 4. The van der Waals surface area contributed by atoms with E-state index in [0.29, 0.717) is 19.4 Å². The van der Waals surface area contributed by atoms with Crippen LogP contribution in [0.1, 0.15) is 135 Å². The molecule has 8 heteroatoms. The zero-order chi connectivity index (χ0) is 26.2. The van der Waals surface area contributed by atoms with Gasteiger partial charge in [-0.15, -0.1) is 0 Å². The molecule has 0 aliphatic rings. The summed E-state index contributed by atoms with van der Waals surface area (Å²) in [6.07, 6.45) is 18.3. The highest BCUT2D eigenvalue weighted by molar-refractivity contribution is 5.84. The van der Waals surface area contributed by atoms with Crippen LogP contribution in [0.25, 0.3) is 0 Å². The summed E-state index contributed by atoms with van der Waals surface area (Å²) in [7, 11) is 0. The minimum atomic E-state index is -1.10. The second-order valence-electron chi connectivity index (χ2n) is 9.54. The Hall–Kier alpha value is -2.12. The zero-order valence-electron chi connectivity index (χ0n) is 22.0. The molecular formula is C27H50N2O6. The molecular weight excluding hydrogens is 448 g/mol. The third-order valence-corrected chi connectivity index (χ3v) is 6.19. The van der Waals surface area contributed by atoms with Gasteiger partial charge in [0.05, 0.1) is 0 Å². The molecule has 0 aromatic rings. The van der Waals surface area contributed by atoms with Gasteiger partial charge >= 0.3 is 11.9 Å². The van der Waals surface area contributed by atoms with Gasteiger partial charge in [-0.25, -0.2) is 4.79 Å². The topological polar surface area (TPSA) is 133 Å². The molecule has 0 fully saturated rings. The maximum Gasteiger partial charge on any atom is 0.326 e. The van der Waals surface area contributed by atoms with Crippen LogP contribution in [0.15, 0.2) is 0 Å². The standard InChI is InChI=1S/C27H50N2O6/c1-2-3-22-28-24(30)21-20-23(27(34)35)29-25(31)18-16-14-12-10-8-6-4-5-7-9-11-13-15-17-19-26(32)33/h23H,2-22H2,1H3,(H,28,30)(H,29,31)(H,32,33)(H,34,35)/t23-/m0/s1. The van der Waals surface area contributed by atoms with E-state index in [9.17, 15) is 24.3 Å². The minimum Gasteiger partial charge on any atom is -0.481 e. The van der Waals surface area contributed by atoms with Crippen LogP contribution in [0.2, 0.25) is 0 Å². The van der Waals surface area contributed by atoms with Gasteiger partial charge in [0.1, 0.15) is 6.04 Å². The Morgan fingerprint density at radius 1 is 0.600 bits per heavy atom. The SMILES string of the molecule is CCCCNC(=O)CC[C@H](NC(=O)CCCCCCCCCCCCCCCCC(=O)O)C(=O)O. The van der Waals surface area contributed by atoms with Gasteiger partial charge < -0.3 is 20.8 Å². The van der Waals surface area contributed by atoms with Crippen molar-refractivity contribution in [2.24, 2.45) is 0 Å². The number of carboxylic acids is 2. The van der Waals surface area contributed by atoms with Crippen LogP contribution < -0.4 is 10.6 Å². The average Bonchev–Trinajstić information content (AvgIpc) is 2.81. The van der Waals surface area contributed by atoms with Crippen LogP contribution in [0, 0.1) is 0 Å². The Morgan fingerprint density at radius 2 is 1.06 bits per heavy atom. The predicted molar refractivity (Wildman–Crippen MR) is 138 cm³/mol. The van der Waals surface area contributed by atoms with Crippen molar-refractivity contribution in [2.45, 2.75) is 141 Å². The molecule has 0 spiro atoms. The number of aliphatic carboxylic acids is 2. The molecule has 0 rings (SSSR count). The van der Waals surface area contributed by atoms with E-state index in [4.69, 9.17) is 5.11 Å². The molecule has 0 heterocycles. The summed E-state index contributed by atoms with van der Waals surface area (Å²) in [5.41, 5.74) is 0. The lowest BCUT2D eigenvalue weighted by atomic mass is 10.0. The molecule has 0 aromatic carbocycles. The number of carbonyl (C=O) groups excluding carboxylic acids is 2. The maximum atomic E-state index is 12.1. The van der Waals surface area contributed by atoms with Crippen LogP contribution in [0.4, 0.5) is 0 Å². The molecule has 8 nitrogen and oxygen atoms in total. The highest BCUT2D eigenvalue weighted by atomic mass is 16.4. The lowest BCUT2D eigenvalue weighted by Gasteiger charge is -2.14. The Morgan fingerprint density at radius 3 is 1.49 bits per heavy atom. The van der Waals surface area contributed by atoms with Crippen LogP contribution in [0.5, 0.6) is 0 Å². The Labute approximate surface area is 212 Å². The number of amides is 2. The van der Waals surface area contributed by atoms with Gasteiger partial charge in [-0.3, -0.25) is 14.4 Å². The Bertz CT molecular complexity index is 582. The van der Waals surface area contributed by atoms with Crippen molar-refractivity contribution in [2.75, 3.05) is 6.54 Å². The summed E-state index contributed by atoms with van der Waals surface area (Å²) in [6, 6.07) is -1.02. The molecule has 204 valence electrons. The van der Waals surface area contributed by atoms with Crippen LogP contribution >= 0.6 is 0 Å². The van der Waals surface area contributed by atoms with Gasteiger partial charge in [0.2, 0.25) is 11.8 Å². The molecule has 0 radical (unpaired) electrons. The van der Waals surface area contributed by atoms with E-state index in [2.05, 4.69) is 10.6 Å². The first-order chi connectivity index (χ1) is 16.9. The molecule has 1 atom stereocenters. The highest BCUT2D eigenvalue weighted by Gasteiger charge is 2.20. The summed E-state index contributed by atoms with van der Waals surface area (Å²) in [5, 5.41) is 23.2. The number of rotatable bonds is 25. The van der Waals surface area contributed by atoms with Crippen LogP contribution in [-0.4, -0.2) is 46.6 Å². The number of nitrogens with one attached hydrogen (secondary N) is 2. The van der Waals surface area contributed by atoms with Crippen molar-refractivity contribution >= 4 is 23.8 Å². The highest BCUT2D eigenvalue weighted by Crippen LogP contribution is 2.14. The van der Waals surface area contributed by atoms with E-state index in [1.165, 1.54) is 44.9 Å². The second-order valence-corrected chi connectivity index (χ2v) is 9.54. The van der Waals surface area contributed by atoms with E-state index >= 15 is 0 Å². The van der Waals surface area contributed by atoms with E-state index in [1.54, 1.807) is 0 Å². The summed E-state index contributed by atoms with van der Waals surface area (Å²) < 4.78 is 0. The Balaban J connectivity index is 3.58. The van der Waals surface area contributed by atoms with Gasteiger partial charge in [0, 0.05) is 25.8 Å². The fraction of sp³-hybridized carbons (Fsp3) is 0.852. The van der Waals surface area contributed by atoms with E-state index in [1.807, 2.05) is 6.92 Å². The molecule has 0 saturated carbocycles. The fourth-order valence-electron chi connectivity index (χ4n) is 3.98. The van der Waals surface area contributed by atoms with E-state index in [-0.39, 0.29) is 24.7 Å². The predicted octanol–water partition coefficient (Wildman–Crippen LogP) is 5.58. The molecule has 0 unspecified atom stereocenters. The average molecular weight is 499 g/mol. The summed E-state index contributed by atoms with van der Waals surface area (Å²) in [4.78, 5) is 45.6.